The third-order valence-electron chi connectivity index (χ3n) is 2.34. The lowest BCUT2D eigenvalue weighted by Crippen LogP contribution is -2.18. The summed E-state index contributed by atoms with van der Waals surface area (Å²) in [7, 11) is 0. The Balaban J connectivity index is 2.13. The van der Waals surface area contributed by atoms with Crippen molar-refractivity contribution in [2.24, 2.45) is 0 Å². The minimum absolute atomic E-state index is 0.309. The molecule has 0 saturated carbocycles. The van der Waals surface area contributed by atoms with Gasteiger partial charge in [-0.3, -0.25) is 0 Å². The lowest BCUT2D eigenvalue weighted by atomic mass is 10.1. The fourth-order valence-corrected chi connectivity index (χ4v) is 1.68. The summed E-state index contributed by atoms with van der Waals surface area (Å²) in [6, 6.07) is 14.0. The standard InChI is InChI=1S/C13H13BrO2/c14-8-12(15)9-16-13-6-5-10-3-1-2-4-11(10)7-13/h1-7,12,15H,8-9H2/t12-/m0/s1. The second-order valence-electron chi connectivity index (χ2n) is 3.63. The number of fused-ring (bicyclic) bond motifs is 1. The van der Waals surface area contributed by atoms with Gasteiger partial charge in [0.05, 0.1) is 6.10 Å². The van der Waals surface area contributed by atoms with Crippen molar-refractivity contribution in [2.75, 3.05) is 11.9 Å². The van der Waals surface area contributed by atoms with Crippen LogP contribution in [0.15, 0.2) is 42.5 Å². The number of hydrogen-bond acceptors (Lipinski definition) is 2. The van der Waals surface area contributed by atoms with E-state index in [2.05, 4.69) is 22.0 Å². The Bertz CT molecular complexity index is 470. The zero-order valence-electron chi connectivity index (χ0n) is 8.77. The quantitative estimate of drug-likeness (QED) is 0.873. The zero-order chi connectivity index (χ0) is 11.4. The summed E-state index contributed by atoms with van der Waals surface area (Å²) in [5.41, 5.74) is 0. The second-order valence-corrected chi connectivity index (χ2v) is 4.28. The minimum atomic E-state index is -0.466. The molecular weight excluding hydrogens is 268 g/mol. The molecular formula is C13H13BrO2. The third-order valence-corrected chi connectivity index (χ3v) is 3.09. The first kappa shape index (κ1) is 11.4. The molecule has 2 nitrogen and oxygen atoms in total. The first-order valence-corrected chi connectivity index (χ1v) is 6.27. The molecule has 0 spiro atoms. The molecule has 84 valence electrons. The van der Waals surface area contributed by atoms with Gasteiger partial charge in [-0.2, -0.15) is 0 Å². The Kier molecular flexibility index (Phi) is 3.80. The van der Waals surface area contributed by atoms with Crippen molar-refractivity contribution in [3.05, 3.63) is 42.5 Å². The average Bonchev–Trinajstić information content (AvgIpc) is 2.35. The van der Waals surface area contributed by atoms with Crippen LogP contribution in [0.1, 0.15) is 0 Å². The van der Waals surface area contributed by atoms with Gasteiger partial charge < -0.3 is 9.84 Å². The van der Waals surface area contributed by atoms with E-state index >= 15 is 0 Å². The van der Waals surface area contributed by atoms with Crippen LogP contribution < -0.4 is 4.74 Å². The molecule has 16 heavy (non-hydrogen) atoms. The largest absolute Gasteiger partial charge is 0.491 e. The number of hydrogen-bond donors (Lipinski definition) is 1. The number of rotatable bonds is 4. The van der Waals surface area contributed by atoms with Gasteiger partial charge in [-0.15, -0.1) is 0 Å². The molecule has 0 unspecified atom stereocenters. The maximum absolute atomic E-state index is 9.36. The molecule has 2 rings (SSSR count). The lowest BCUT2D eigenvalue weighted by molar-refractivity contribution is 0.127. The van der Waals surface area contributed by atoms with Gasteiger partial charge in [0.15, 0.2) is 0 Å². The van der Waals surface area contributed by atoms with Gasteiger partial charge >= 0.3 is 0 Å². The van der Waals surface area contributed by atoms with Crippen LogP contribution in [0, 0.1) is 0 Å². The van der Waals surface area contributed by atoms with Gasteiger partial charge in [-0.05, 0) is 22.9 Å². The van der Waals surface area contributed by atoms with E-state index in [4.69, 9.17) is 4.74 Å². The van der Waals surface area contributed by atoms with E-state index in [1.807, 2.05) is 36.4 Å². The van der Waals surface area contributed by atoms with Crippen LogP contribution in [0.3, 0.4) is 0 Å². The topological polar surface area (TPSA) is 29.5 Å². The van der Waals surface area contributed by atoms with Gasteiger partial charge in [-0.25, -0.2) is 0 Å². The molecule has 0 saturated heterocycles. The van der Waals surface area contributed by atoms with E-state index in [-0.39, 0.29) is 0 Å². The highest BCUT2D eigenvalue weighted by atomic mass is 79.9. The molecule has 2 aromatic carbocycles. The number of alkyl halides is 1. The summed E-state index contributed by atoms with van der Waals surface area (Å²) in [5, 5.41) is 12.2. The summed E-state index contributed by atoms with van der Waals surface area (Å²) < 4.78 is 5.49. The zero-order valence-corrected chi connectivity index (χ0v) is 10.4. The van der Waals surface area contributed by atoms with E-state index in [1.165, 1.54) is 5.39 Å². The molecule has 0 amide bonds. The Morgan fingerprint density at radius 2 is 1.88 bits per heavy atom. The van der Waals surface area contributed by atoms with Crippen LogP contribution in [-0.2, 0) is 0 Å². The van der Waals surface area contributed by atoms with Crippen LogP contribution in [0.2, 0.25) is 0 Å². The Hall–Kier alpha value is -1.06. The predicted octanol–water partition coefficient (Wildman–Crippen LogP) is 2.97. The molecule has 2 aromatic rings. The van der Waals surface area contributed by atoms with Crippen molar-refractivity contribution in [3.8, 4) is 5.75 Å². The molecule has 0 aromatic heterocycles. The van der Waals surface area contributed by atoms with Crippen LogP contribution in [0.5, 0.6) is 5.75 Å². The highest BCUT2D eigenvalue weighted by Crippen LogP contribution is 2.20. The van der Waals surface area contributed by atoms with Gasteiger partial charge in [0, 0.05) is 5.33 Å². The molecule has 0 heterocycles. The molecule has 0 aliphatic heterocycles. The summed E-state index contributed by atoms with van der Waals surface area (Å²) in [6.07, 6.45) is -0.466. The summed E-state index contributed by atoms with van der Waals surface area (Å²) in [6.45, 7) is 0.309. The Morgan fingerprint density at radius 1 is 1.12 bits per heavy atom. The summed E-state index contributed by atoms with van der Waals surface area (Å²) >= 11 is 3.20. The predicted molar refractivity (Wildman–Crippen MR) is 69.2 cm³/mol. The Morgan fingerprint density at radius 3 is 2.62 bits per heavy atom. The average molecular weight is 281 g/mol. The third kappa shape index (κ3) is 2.74. The van der Waals surface area contributed by atoms with E-state index in [1.54, 1.807) is 0 Å². The molecule has 0 aliphatic carbocycles. The minimum Gasteiger partial charge on any atom is -0.491 e. The van der Waals surface area contributed by atoms with Crippen LogP contribution in [0.25, 0.3) is 10.8 Å². The van der Waals surface area contributed by atoms with Gasteiger partial charge in [0.1, 0.15) is 12.4 Å². The van der Waals surface area contributed by atoms with Gasteiger partial charge in [-0.1, -0.05) is 46.3 Å². The normalized spacial score (nSPS) is 12.6. The van der Waals surface area contributed by atoms with Crippen molar-refractivity contribution < 1.29 is 9.84 Å². The van der Waals surface area contributed by atoms with Crippen LogP contribution in [-0.4, -0.2) is 23.1 Å². The van der Waals surface area contributed by atoms with Crippen LogP contribution in [0.4, 0.5) is 0 Å². The first-order valence-electron chi connectivity index (χ1n) is 5.15. The second kappa shape index (κ2) is 5.32. The van der Waals surface area contributed by atoms with Crippen LogP contribution >= 0.6 is 15.9 Å². The summed E-state index contributed by atoms with van der Waals surface area (Å²) in [5.74, 6) is 0.790. The smallest absolute Gasteiger partial charge is 0.120 e. The van der Waals surface area contributed by atoms with E-state index in [0.717, 1.165) is 11.1 Å². The van der Waals surface area contributed by atoms with Crippen molar-refractivity contribution in [2.45, 2.75) is 6.10 Å². The van der Waals surface area contributed by atoms with Crippen molar-refractivity contribution >= 4 is 26.7 Å². The number of ether oxygens (including phenoxy) is 1. The van der Waals surface area contributed by atoms with E-state index in [9.17, 15) is 5.11 Å². The molecule has 1 atom stereocenters. The monoisotopic (exact) mass is 280 g/mol. The van der Waals surface area contributed by atoms with E-state index < -0.39 is 6.10 Å². The number of halogens is 1. The molecule has 1 N–H and O–H groups in total. The maximum Gasteiger partial charge on any atom is 0.120 e. The summed E-state index contributed by atoms with van der Waals surface area (Å²) in [4.78, 5) is 0. The number of aliphatic hydroxyl groups excluding tert-OH is 1. The van der Waals surface area contributed by atoms with Gasteiger partial charge in [0.2, 0.25) is 0 Å². The molecule has 0 aliphatic rings. The van der Waals surface area contributed by atoms with Crippen molar-refractivity contribution in [3.63, 3.8) is 0 Å². The molecule has 3 heteroatoms. The SMILES string of the molecule is O[C@@H](CBr)COc1ccc2ccccc2c1. The first-order chi connectivity index (χ1) is 7.79. The van der Waals surface area contributed by atoms with Gasteiger partial charge in [0.25, 0.3) is 0 Å². The van der Waals surface area contributed by atoms with Crippen molar-refractivity contribution in [1.82, 2.24) is 0 Å². The van der Waals surface area contributed by atoms with Crippen molar-refractivity contribution in [1.29, 1.82) is 0 Å². The maximum atomic E-state index is 9.36. The highest BCUT2D eigenvalue weighted by molar-refractivity contribution is 9.09. The fourth-order valence-electron chi connectivity index (χ4n) is 1.49. The molecule has 0 fully saturated rings. The highest BCUT2D eigenvalue weighted by Gasteiger charge is 2.03. The number of aliphatic hydroxyl groups is 1. The van der Waals surface area contributed by atoms with E-state index in [0.29, 0.717) is 11.9 Å². The Labute approximate surface area is 103 Å². The number of benzene rings is 2. The molecule has 0 radical (unpaired) electrons. The molecule has 0 bridgehead atoms. The fraction of sp³-hybridized carbons (Fsp3) is 0.231. The lowest BCUT2D eigenvalue weighted by Gasteiger charge is -2.10.